The van der Waals surface area contributed by atoms with Crippen LogP contribution in [0.1, 0.15) is 11.4 Å². The van der Waals surface area contributed by atoms with Gasteiger partial charge in [-0.05, 0) is 35.9 Å². The highest BCUT2D eigenvalue weighted by atomic mass is 16.4. The first-order valence-corrected chi connectivity index (χ1v) is 9.64. The smallest absolute Gasteiger partial charge is 0.336 e. The largest absolute Gasteiger partial charge is 0.423 e. The van der Waals surface area contributed by atoms with Crippen molar-refractivity contribution in [2.45, 2.75) is 13.1 Å². The predicted octanol–water partition coefficient (Wildman–Crippen LogP) is 2.99. The van der Waals surface area contributed by atoms with Gasteiger partial charge in [-0.1, -0.05) is 18.2 Å². The molecule has 1 saturated heterocycles. The van der Waals surface area contributed by atoms with Crippen LogP contribution in [0.15, 0.2) is 63.8 Å². The second-order valence-electron chi connectivity index (χ2n) is 7.38. The molecule has 6 nitrogen and oxygen atoms in total. The molecule has 0 spiro atoms. The lowest BCUT2D eigenvalue weighted by atomic mass is 10.1. The number of hydrogen-bond donors (Lipinski definition) is 1. The summed E-state index contributed by atoms with van der Waals surface area (Å²) in [5.41, 5.74) is 3.71. The lowest BCUT2D eigenvalue weighted by molar-refractivity contribution is 0.120. The summed E-state index contributed by atoms with van der Waals surface area (Å²) < 4.78 is 5.21. The Morgan fingerprint density at radius 1 is 0.929 bits per heavy atom. The van der Waals surface area contributed by atoms with Crippen molar-refractivity contribution < 1.29 is 4.42 Å². The van der Waals surface area contributed by atoms with Gasteiger partial charge in [0, 0.05) is 44.2 Å². The molecule has 28 heavy (non-hydrogen) atoms. The van der Waals surface area contributed by atoms with Crippen molar-refractivity contribution in [2.75, 3.05) is 26.2 Å². The van der Waals surface area contributed by atoms with Crippen LogP contribution < -0.4 is 5.63 Å². The summed E-state index contributed by atoms with van der Waals surface area (Å²) in [6, 6.07) is 17.5. The number of piperazine rings is 1. The lowest BCUT2D eigenvalue weighted by Gasteiger charge is -2.34. The SMILES string of the molecule is O=c1ccc2cc(CN3CCN(Cc4nc5ccccc5[nH]4)CC3)ccc2o1. The lowest BCUT2D eigenvalue weighted by Crippen LogP contribution is -2.45. The van der Waals surface area contributed by atoms with Crippen LogP contribution in [0.3, 0.4) is 0 Å². The van der Waals surface area contributed by atoms with Gasteiger partial charge in [0.25, 0.3) is 0 Å². The van der Waals surface area contributed by atoms with Gasteiger partial charge in [-0.15, -0.1) is 0 Å². The van der Waals surface area contributed by atoms with Gasteiger partial charge in [0.15, 0.2) is 0 Å². The number of nitrogens with zero attached hydrogens (tertiary/aromatic N) is 3. The Balaban J connectivity index is 1.20. The van der Waals surface area contributed by atoms with Crippen LogP contribution in [0.25, 0.3) is 22.0 Å². The molecule has 0 unspecified atom stereocenters. The molecular formula is C22H22N4O2. The van der Waals surface area contributed by atoms with E-state index in [1.54, 1.807) is 0 Å². The molecule has 0 bridgehead atoms. The van der Waals surface area contributed by atoms with E-state index in [0.29, 0.717) is 5.58 Å². The van der Waals surface area contributed by atoms with Gasteiger partial charge in [0.05, 0.1) is 17.6 Å². The summed E-state index contributed by atoms with van der Waals surface area (Å²) in [7, 11) is 0. The standard InChI is InChI=1S/C22H22N4O2/c27-22-8-6-17-13-16(5-7-20(17)28-22)14-25-9-11-26(12-10-25)15-21-23-18-3-1-2-4-19(18)24-21/h1-8,13H,9-12,14-15H2,(H,23,24). The average Bonchev–Trinajstić information content (AvgIpc) is 3.12. The fourth-order valence-electron chi connectivity index (χ4n) is 3.88. The summed E-state index contributed by atoms with van der Waals surface area (Å²) in [6.07, 6.45) is 0. The minimum atomic E-state index is -0.305. The second-order valence-corrected chi connectivity index (χ2v) is 7.38. The molecule has 1 N–H and O–H groups in total. The van der Waals surface area contributed by atoms with E-state index in [-0.39, 0.29) is 5.63 Å². The highest BCUT2D eigenvalue weighted by Crippen LogP contribution is 2.17. The van der Waals surface area contributed by atoms with Gasteiger partial charge in [0.1, 0.15) is 11.4 Å². The minimum absolute atomic E-state index is 0.305. The molecule has 142 valence electrons. The number of rotatable bonds is 4. The maximum atomic E-state index is 11.3. The summed E-state index contributed by atoms with van der Waals surface area (Å²) in [5.74, 6) is 1.03. The molecule has 0 atom stereocenters. The Kier molecular flexibility index (Phi) is 4.43. The van der Waals surface area contributed by atoms with Crippen LogP contribution in [-0.2, 0) is 13.1 Å². The summed E-state index contributed by atoms with van der Waals surface area (Å²) >= 11 is 0. The molecule has 0 aliphatic carbocycles. The van der Waals surface area contributed by atoms with Crippen LogP contribution >= 0.6 is 0 Å². The molecule has 1 aliphatic heterocycles. The number of para-hydroxylation sites is 2. The fraction of sp³-hybridized carbons (Fsp3) is 0.273. The zero-order valence-corrected chi connectivity index (χ0v) is 15.6. The van der Waals surface area contributed by atoms with Crippen molar-refractivity contribution in [3.63, 3.8) is 0 Å². The van der Waals surface area contributed by atoms with E-state index in [1.807, 2.05) is 36.4 Å². The van der Waals surface area contributed by atoms with Crippen molar-refractivity contribution in [3.8, 4) is 0 Å². The van der Waals surface area contributed by atoms with E-state index < -0.39 is 0 Å². The molecule has 2 aromatic carbocycles. The molecule has 1 aliphatic rings. The first kappa shape index (κ1) is 17.2. The molecular weight excluding hydrogens is 352 g/mol. The first-order chi connectivity index (χ1) is 13.7. The number of aromatic nitrogens is 2. The van der Waals surface area contributed by atoms with Crippen LogP contribution in [0.4, 0.5) is 0 Å². The highest BCUT2D eigenvalue weighted by Gasteiger charge is 2.18. The zero-order chi connectivity index (χ0) is 18.9. The Morgan fingerprint density at radius 2 is 1.71 bits per heavy atom. The monoisotopic (exact) mass is 374 g/mol. The third-order valence-electron chi connectivity index (χ3n) is 5.37. The Morgan fingerprint density at radius 3 is 2.54 bits per heavy atom. The quantitative estimate of drug-likeness (QED) is 0.557. The molecule has 4 aromatic rings. The summed E-state index contributed by atoms with van der Waals surface area (Å²) in [4.78, 5) is 24.3. The Bertz CT molecular complexity index is 1140. The van der Waals surface area contributed by atoms with Gasteiger partial charge in [-0.3, -0.25) is 9.80 Å². The number of benzene rings is 2. The van der Waals surface area contributed by atoms with Gasteiger partial charge in [0.2, 0.25) is 0 Å². The van der Waals surface area contributed by atoms with Gasteiger partial charge in [-0.25, -0.2) is 9.78 Å². The molecule has 3 heterocycles. The fourth-order valence-corrected chi connectivity index (χ4v) is 3.88. The normalized spacial score (nSPS) is 16.1. The molecule has 1 fully saturated rings. The van der Waals surface area contributed by atoms with E-state index in [1.165, 1.54) is 11.6 Å². The predicted molar refractivity (Wildman–Crippen MR) is 109 cm³/mol. The summed E-state index contributed by atoms with van der Waals surface area (Å²) in [6.45, 7) is 5.88. The van der Waals surface area contributed by atoms with Gasteiger partial charge < -0.3 is 9.40 Å². The highest BCUT2D eigenvalue weighted by molar-refractivity contribution is 5.77. The molecule has 2 aromatic heterocycles. The van der Waals surface area contributed by atoms with Crippen molar-refractivity contribution in [1.82, 2.24) is 19.8 Å². The van der Waals surface area contributed by atoms with Crippen LogP contribution in [-0.4, -0.2) is 45.9 Å². The zero-order valence-electron chi connectivity index (χ0n) is 15.6. The second kappa shape index (κ2) is 7.22. The molecule has 0 saturated carbocycles. The van der Waals surface area contributed by atoms with E-state index >= 15 is 0 Å². The maximum Gasteiger partial charge on any atom is 0.336 e. The Hall–Kier alpha value is -2.96. The van der Waals surface area contributed by atoms with Gasteiger partial charge in [-0.2, -0.15) is 0 Å². The van der Waals surface area contributed by atoms with Crippen LogP contribution in [0.5, 0.6) is 0 Å². The molecule has 0 amide bonds. The minimum Gasteiger partial charge on any atom is -0.423 e. The van der Waals surface area contributed by atoms with Crippen molar-refractivity contribution >= 4 is 22.0 Å². The maximum absolute atomic E-state index is 11.3. The van der Waals surface area contributed by atoms with E-state index in [4.69, 9.17) is 4.42 Å². The third-order valence-corrected chi connectivity index (χ3v) is 5.37. The number of aromatic amines is 1. The molecule has 5 rings (SSSR count). The molecule has 0 radical (unpaired) electrons. The van der Waals surface area contributed by atoms with E-state index in [9.17, 15) is 4.79 Å². The van der Waals surface area contributed by atoms with Crippen LogP contribution in [0.2, 0.25) is 0 Å². The molecule has 6 heteroatoms. The topological polar surface area (TPSA) is 65.4 Å². The van der Waals surface area contributed by atoms with Crippen molar-refractivity contribution in [3.05, 3.63) is 76.4 Å². The van der Waals surface area contributed by atoms with Crippen LogP contribution in [0, 0.1) is 0 Å². The number of fused-ring (bicyclic) bond motifs is 2. The number of H-pyrrole nitrogens is 1. The number of hydrogen-bond acceptors (Lipinski definition) is 5. The van der Waals surface area contributed by atoms with Gasteiger partial charge >= 0.3 is 5.63 Å². The van der Waals surface area contributed by atoms with Crippen molar-refractivity contribution in [2.24, 2.45) is 0 Å². The van der Waals surface area contributed by atoms with Crippen molar-refractivity contribution in [1.29, 1.82) is 0 Å². The van der Waals surface area contributed by atoms with E-state index in [2.05, 4.69) is 31.9 Å². The third kappa shape index (κ3) is 3.56. The van der Waals surface area contributed by atoms with E-state index in [0.717, 1.165) is 61.5 Å². The Labute approximate surface area is 162 Å². The summed E-state index contributed by atoms with van der Waals surface area (Å²) in [5, 5.41) is 0.973. The average molecular weight is 374 g/mol. The number of imidazole rings is 1. The first-order valence-electron chi connectivity index (χ1n) is 9.64. The number of nitrogens with one attached hydrogen (secondary N) is 1.